The van der Waals surface area contributed by atoms with Crippen LogP contribution in [-0.4, -0.2) is 71.8 Å². The van der Waals surface area contributed by atoms with Gasteiger partial charge in [0.2, 0.25) is 0 Å². The third-order valence-corrected chi connectivity index (χ3v) is 7.03. The number of hydrogen-bond acceptors (Lipinski definition) is 8. The summed E-state index contributed by atoms with van der Waals surface area (Å²) in [6, 6.07) is 3.35. The molecule has 1 saturated heterocycles. The second-order valence-electron chi connectivity index (χ2n) is 13.2. The smallest absolute Gasteiger partial charge is 0.420 e. The summed E-state index contributed by atoms with van der Waals surface area (Å²) in [5, 5.41) is 0. The molecule has 1 aromatic carbocycles. The number of esters is 1. The summed E-state index contributed by atoms with van der Waals surface area (Å²) in [6.07, 6.45) is -4.29. The van der Waals surface area contributed by atoms with E-state index in [1.807, 2.05) is 0 Å². The molecule has 0 aromatic heterocycles. The predicted molar refractivity (Wildman–Crippen MR) is 150 cm³/mol. The zero-order chi connectivity index (χ0) is 32.2. The molecule has 0 N–H and O–H groups in total. The molecule has 4 atom stereocenters. The number of benzene rings is 1. The molecule has 0 bridgehead atoms. The third-order valence-electron chi connectivity index (χ3n) is 7.03. The highest BCUT2D eigenvalue weighted by Crippen LogP contribution is 2.32. The first-order valence-electron chi connectivity index (χ1n) is 14.7. The van der Waals surface area contributed by atoms with Gasteiger partial charge in [0.25, 0.3) is 0 Å². The Bertz CT molecular complexity index is 1080. The second kappa shape index (κ2) is 13.8. The average Bonchev–Trinajstić information content (AvgIpc) is 3.37. The number of ether oxygens (including phenoxy) is 5. The number of imide groups is 1. The zero-order valence-corrected chi connectivity index (χ0v) is 26.0. The number of carbonyl (C=O) groups is 3. The van der Waals surface area contributed by atoms with Crippen molar-refractivity contribution in [2.75, 3.05) is 13.2 Å². The Kier molecular flexibility index (Phi) is 11.1. The molecule has 2 aliphatic rings. The van der Waals surface area contributed by atoms with Crippen LogP contribution in [0, 0.1) is 5.92 Å². The first kappa shape index (κ1) is 34.6. The second-order valence-corrected chi connectivity index (χ2v) is 13.2. The van der Waals surface area contributed by atoms with Gasteiger partial charge in [0.05, 0.1) is 31.0 Å². The molecule has 0 radical (unpaired) electrons. The van der Waals surface area contributed by atoms with Crippen LogP contribution in [0.25, 0.3) is 0 Å². The van der Waals surface area contributed by atoms with E-state index in [1.54, 1.807) is 48.5 Å². The molecule has 1 saturated carbocycles. The monoisotopic (exact) mass is 615 g/mol. The molecule has 0 spiro atoms. The highest BCUT2D eigenvalue weighted by Gasteiger charge is 2.44. The van der Waals surface area contributed by atoms with Crippen LogP contribution in [0.1, 0.15) is 85.3 Å². The molecular weight excluding hydrogens is 571 g/mol. The van der Waals surface area contributed by atoms with E-state index in [1.165, 1.54) is 12.1 Å². The van der Waals surface area contributed by atoms with E-state index in [0.29, 0.717) is 10.5 Å². The maximum atomic E-state index is 13.6. The summed E-state index contributed by atoms with van der Waals surface area (Å²) in [5.41, 5.74) is -2.10. The lowest BCUT2D eigenvalue weighted by Gasteiger charge is -2.33. The largest absolute Gasteiger partial charge is 0.458 e. The van der Waals surface area contributed by atoms with Crippen molar-refractivity contribution in [3.8, 4) is 0 Å². The number of hydrogen-bond donors (Lipinski definition) is 0. The third kappa shape index (κ3) is 10.4. The van der Waals surface area contributed by atoms with Gasteiger partial charge in [0.15, 0.2) is 6.04 Å². The van der Waals surface area contributed by atoms with Crippen LogP contribution in [0.5, 0.6) is 0 Å². The molecule has 4 unspecified atom stereocenters. The molecule has 1 aliphatic heterocycles. The van der Waals surface area contributed by atoms with Crippen molar-refractivity contribution in [3.05, 3.63) is 35.4 Å². The number of rotatable bonds is 5. The molecule has 1 aromatic rings. The van der Waals surface area contributed by atoms with Gasteiger partial charge in [-0.2, -0.15) is 18.1 Å². The topological polar surface area (TPSA) is 101 Å². The summed E-state index contributed by atoms with van der Waals surface area (Å²) in [6.45, 7) is 11.0. The molecule has 1 aliphatic carbocycles. The van der Waals surface area contributed by atoms with E-state index in [-0.39, 0.29) is 19.1 Å². The molecule has 9 nitrogen and oxygen atoms in total. The van der Waals surface area contributed by atoms with E-state index in [9.17, 15) is 27.6 Å². The number of cyclic esters (lactones) is 1. The van der Waals surface area contributed by atoms with Crippen molar-refractivity contribution in [3.63, 3.8) is 0 Å². The molecule has 3 rings (SSSR count). The minimum absolute atomic E-state index is 0.0202. The molecule has 12 heteroatoms. The minimum atomic E-state index is -4.46. The Morgan fingerprint density at radius 3 is 1.93 bits per heavy atom. The van der Waals surface area contributed by atoms with Crippen molar-refractivity contribution >= 4 is 18.2 Å². The standard InChI is InChI=1S/C31H44F3NO8/c1-19-25(41-23-10-8-9-11-23)21(16-20-12-14-22(15-13-20)31(32,33)34)17-39-18-24(26(36)40-19)35(27(37)42-29(2,3)4)28(38)43-30(5,6)7/h12-15,19,21,23-25H,8-11,16-18H2,1-7H3. The lowest BCUT2D eigenvalue weighted by molar-refractivity contribution is -0.167. The molecule has 43 heavy (non-hydrogen) atoms. The van der Waals surface area contributed by atoms with E-state index < -0.39 is 71.9 Å². The fourth-order valence-electron chi connectivity index (χ4n) is 5.11. The van der Waals surface area contributed by atoms with Crippen molar-refractivity contribution in [2.24, 2.45) is 5.92 Å². The van der Waals surface area contributed by atoms with Crippen molar-refractivity contribution in [1.29, 1.82) is 0 Å². The summed E-state index contributed by atoms with van der Waals surface area (Å²) in [7, 11) is 0. The molecule has 2 fully saturated rings. The minimum Gasteiger partial charge on any atom is -0.458 e. The first-order chi connectivity index (χ1) is 19.8. The van der Waals surface area contributed by atoms with Crippen molar-refractivity contribution in [2.45, 2.75) is 122 Å². The maximum Gasteiger partial charge on any atom is 0.420 e. The summed E-state index contributed by atoms with van der Waals surface area (Å²) in [5.74, 6) is -1.32. The number of halogens is 3. The molecular formula is C31H44F3NO8. The van der Waals surface area contributed by atoms with Crippen LogP contribution in [0.4, 0.5) is 22.8 Å². The Hall–Kier alpha value is -2.86. The van der Waals surface area contributed by atoms with E-state index in [4.69, 9.17) is 23.7 Å². The predicted octanol–water partition coefficient (Wildman–Crippen LogP) is 6.69. The highest BCUT2D eigenvalue weighted by molar-refractivity contribution is 5.94. The van der Waals surface area contributed by atoms with Gasteiger partial charge >= 0.3 is 24.3 Å². The summed E-state index contributed by atoms with van der Waals surface area (Å²) in [4.78, 5) is 40.6. The SMILES string of the molecule is CC1OC(=O)C(N(C(=O)OC(C)(C)C)C(=O)OC(C)(C)C)COCC(Cc2ccc(C(F)(F)F)cc2)C1OC1CCCC1. The van der Waals surface area contributed by atoms with Gasteiger partial charge < -0.3 is 23.7 Å². The molecule has 1 heterocycles. The Balaban J connectivity index is 1.92. The van der Waals surface area contributed by atoms with Crippen LogP contribution in [-0.2, 0) is 41.1 Å². The van der Waals surface area contributed by atoms with Crippen LogP contribution in [0.2, 0.25) is 0 Å². The Morgan fingerprint density at radius 1 is 0.907 bits per heavy atom. The maximum absolute atomic E-state index is 13.6. The van der Waals surface area contributed by atoms with Crippen molar-refractivity contribution in [1.82, 2.24) is 4.90 Å². The number of carbonyl (C=O) groups excluding carboxylic acids is 3. The van der Waals surface area contributed by atoms with Crippen LogP contribution in [0.15, 0.2) is 24.3 Å². The van der Waals surface area contributed by atoms with Gasteiger partial charge in [-0.05, 0) is 85.4 Å². The highest BCUT2D eigenvalue weighted by atomic mass is 19.4. The van der Waals surface area contributed by atoms with Crippen molar-refractivity contribution < 1.29 is 51.2 Å². The summed E-state index contributed by atoms with van der Waals surface area (Å²) < 4.78 is 68.5. The first-order valence-corrected chi connectivity index (χ1v) is 14.7. The Labute approximate surface area is 251 Å². The Morgan fingerprint density at radius 2 is 1.44 bits per heavy atom. The zero-order valence-electron chi connectivity index (χ0n) is 26.0. The lowest BCUT2D eigenvalue weighted by Crippen LogP contribution is -2.54. The van der Waals surface area contributed by atoms with Gasteiger partial charge in [-0.25, -0.2) is 14.4 Å². The number of alkyl halides is 3. The van der Waals surface area contributed by atoms with Gasteiger partial charge in [-0.15, -0.1) is 0 Å². The number of nitrogens with zero attached hydrogens (tertiary/aromatic N) is 1. The normalized spacial score (nSPS) is 24.4. The molecule has 2 amide bonds. The number of amides is 2. The fraction of sp³-hybridized carbons (Fsp3) is 0.710. The van der Waals surface area contributed by atoms with Crippen LogP contribution >= 0.6 is 0 Å². The quantitative estimate of drug-likeness (QED) is 0.267. The van der Waals surface area contributed by atoms with Crippen LogP contribution in [0.3, 0.4) is 0 Å². The molecule has 242 valence electrons. The van der Waals surface area contributed by atoms with Gasteiger partial charge in [-0.3, -0.25) is 0 Å². The van der Waals surface area contributed by atoms with E-state index in [2.05, 4.69) is 0 Å². The van der Waals surface area contributed by atoms with E-state index in [0.717, 1.165) is 37.8 Å². The van der Waals surface area contributed by atoms with Gasteiger partial charge in [-0.1, -0.05) is 25.0 Å². The summed E-state index contributed by atoms with van der Waals surface area (Å²) >= 11 is 0. The van der Waals surface area contributed by atoms with Crippen LogP contribution < -0.4 is 0 Å². The average molecular weight is 616 g/mol. The van der Waals surface area contributed by atoms with Gasteiger partial charge in [0, 0.05) is 5.92 Å². The fourth-order valence-corrected chi connectivity index (χ4v) is 5.11. The van der Waals surface area contributed by atoms with Gasteiger partial charge in [0.1, 0.15) is 17.3 Å². The van der Waals surface area contributed by atoms with E-state index >= 15 is 0 Å². The lowest BCUT2D eigenvalue weighted by atomic mass is 9.91.